The number of anilines is 3. The molecule has 3 aromatic heterocycles. The number of aryl methyl sites for hydroxylation is 2. The van der Waals surface area contributed by atoms with Crippen molar-refractivity contribution in [2.24, 2.45) is 0 Å². The van der Waals surface area contributed by atoms with Gasteiger partial charge in [-0.05, 0) is 38.1 Å². The number of pyridine rings is 2. The molecule has 0 saturated carbocycles. The van der Waals surface area contributed by atoms with Gasteiger partial charge in [-0.25, -0.2) is 13.4 Å². The summed E-state index contributed by atoms with van der Waals surface area (Å²) in [5.41, 5.74) is 2.68. The number of rotatable bonds is 5. The molecule has 0 fully saturated rings. The van der Waals surface area contributed by atoms with Gasteiger partial charge < -0.3 is 9.84 Å². The molecule has 0 atom stereocenters. The van der Waals surface area contributed by atoms with Crippen molar-refractivity contribution in [1.82, 2.24) is 15.1 Å². The van der Waals surface area contributed by atoms with Crippen LogP contribution in [0.4, 0.5) is 17.2 Å². The highest BCUT2D eigenvalue weighted by atomic mass is 32.2. The van der Waals surface area contributed by atoms with Crippen molar-refractivity contribution < 1.29 is 12.9 Å². The van der Waals surface area contributed by atoms with E-state index in [1.165, 1.54) is 0 Å². The van der Waals surface area contributed by atoms with Crippen LogP contribution in [0.15, 0.2) is 64.3 Å². The fourth-order valence-corrected chi connectivity index (χ4v) is 4.28. The van der Waals surface area contributed by atoms with Crippen molar-refractivity contribution >= 4 is 38.1 Å². The van der Waals surface area contributed by atoms with Gasteiger partial charge in [-0.2, -0.15) is 0 Å². The Bertz CT molecular complexity index is 1230. The number of nitrogens with zero attached hydrogens (tertiary/aromatic N) is 3. The van der Waals surface area contributed by atoms with Crippen LogP contribution in [-0.2, 0) is 10.0 Å². The van der Waals surface area contributed by atoms with Gasteiger partial charge in [0.05, 0.1) is 23.1 Å². The molecule has 0 unspecified atom stereocenters. The highest BCUT2D eigenvalue weighted by molar-refractivity contribution is 7.92. The van der Waals surface area contributed by atoms with E-state index in [-0.39, 0.29) is 16.5 Å². The Balaban J connectivity index is 1.56. The molecule has 4 rings (SSSR count). The standard InChI is InChI=1S/C19H17N5O3S/c1-12-19(13(2)27-23-12)28(25,26)24-17-9-8-15(11-21-17)22-16-7-3-5-14-6-4-10-20-18(14)16/h3-11,22H,1-2H3,(H,21,24). The number of nitrogens with one attached hydrogen (secondary N) is 2. The van der Waals surface area contributed by atoms with Gasteiger partial charge in [0.1, 0.15) is 11.5 Å². The van der Waals surface area contributed by atoms with E-state index in [4.69, 9.17) is 4.52 Å². The van der Waals surface area contributed by atoms with Gasteiger partial charge >= 0.3 is 0 Å². The summed E-state index contributed by atoms with van der Waals surface area (Å²) >= 11 is 0. The van der Waals surface area contributed by atoms with Crippen LogP contribution in [-0.4, -0.2) is 23.5 Å². The van der Waals surface area contributed by atoms with E-state index in [1.54, 1.807) is 38.4 Å². The molecule has 0 amide bonds. The lowest BCUT2D eigenvalue weighted by Gasteiger charge is -2.10. The number of sulfonamides is 1. The van der Waals surface area contributed by atoms with Crippen molar-refractivity contribution in [3.05, 3.63) is 66.3 Å². The van der Waals surface area contributed by atoms with Crippen molar-refractivity contribution in [3.8, 4) is 0 Å². The van der Waals surface area contributed by atoms with Crippen LogP contribution in [0.5, 0.6) is 0 Å². The third-order valence-corrected chi connectivity index (χ3v) is 5.75. The molecule has 0 aliphatic carbocycles. The molecule has 1 aromatic carbocycles. The molecule has 0 radical (unpaired) electrons. The second-order valence-corrected chi connectivity index (χ2v) is 7.82. The second kappa shape index (κ2) is 6.93. The lowest BCUT2D eigenvalue weighted by molar-refractivity contribution is 0.390. The molecule has 4 aromatic rings. The Morgan fingerprint density at radius 2 is 1.82 bits per heavy atom. The normalized spacial score (nSPS) is 11.5. The van der Waals surface area contributed by atoms with E-state index in [0.29, 0.717) is 11.4 Å². The van der Waals surface area contributed by atoms with Crippen molar-refractivity contribution in [2.75, 3.05) is 10.0 Å². The lowest BCUT2D eigenvalue weighted by atomic mass is 10.2. The van der Waals surface area contributed by atoms with Crippen LogP contribution in [0.3, 0.4) is 0 Å². The first-order chi connectivity index (χ1) is 13.4. The smallest absolute Gasteiger partial charge is 0.268 e. The number of para-hydroxylation sites is 1. The Kier molecular flexibility index (Phi) is 4.44. The molecule has 3 heterocycles. The summed E-state index contributed by atoms with van der Waals surface area (Å²) in [6.45, 7) is 3.12. The van der Waals surface area contributed by atoms with Crippen molar-refractivity contribution in [1.29, 1.82) is 0 Å². The maximum Gasteiger partial charge on any atom is 0.268 e. The van der Waals surface area contributed by atoms with E-state index < -0.39 is 10.0 Å². The summed E-state index contributed by atoms with van der Waals surface area (Å²) in [5, 5.41) is 7.95. The second-order valence-electron chi connectivity index (χ2n) is 6.20. The van der Waals surface area contributed by atoms with Crippen LogP contribution in [0, 0.1) is 13.8 Å². The van der Waals surface area contributed by atoms with Gasteiger partial charge in [-0.3, -0.25) is 9.71 Å². The van der Waals surface area contributed by atoms with Crippen LogP contribution < -0.4 is 10.0 Å². The monoisotopic (exact) mass is 395 g/mol. The molecule has 0 aliphatic rings. The number of hydrogen-bond acceptors (Lipinski definition) is 7. The van der Waals surface area contributed by atoms with Gasteiger partial charge in [0.25, 0.3) is 10.0 Å². The fraction of sp³-hybridized carbons (Fsp3) is 0.105. The Labute approximate surface area is 161 Å². The fourth-order valence-electron chi connectivity index (χ4n) is 2.94. The van der Waals surface area contributed by atoms with E-state index in [9.17, 15) is 8.42 Å². The zero-order valence-electron chi connectivity index (χ0n) is 15.2. The summed E-state index contributed by atoms with van der Waals surface area (Å²) in [6.07, 6.45) is 3.28. The van der Waals surface area contributed by atoms with Crippen LogP contribution in [0.2, 0.25) is 0 Å². The molecule has 0 saturated heterocycles. The number of hydrogen-bond donors (Lipinski definition) is 2. The van der Waals surface area contributed by atoms with Gasteiger partial charge in [-0.1, -0.05) is 23.4 Å². The Morgan fingerprint density at radius 1 is 1.00 bits per heavy atom. The number of benzene rings is 1. The SMILES string of the molecule is Cc1noc(C)c1S(=O)(=O)Nc1ccc(Nc2cccc3cccnc23)cn1. The molecule has 9 heteroatoms. The molecule has 28 heavy (non-hydrogen) atoms. The average molecular weight is 395 g/mol. The third-order valence-electron chi connectivity index (χ3n) is 4.15. The van der Waals surface area contributed by atoms with Gasteiger partial charge in [0.15, 0.2) is 10.7 Å². The summed E-state index contributed by atoms with van der Waals surface area (Å²) in [4.78, 5) is 8.61. The predicted molar refractivity (Wildman–Crippen MR) is 106 cm³/mol. The summed E-state index contributed by atoms with van der Waals surface area (Å²) in [7, 11) is -3.83. The van der Waals surface area contributed by atoms with Crippen LogP contribution in [0.1, 0.15) is 11.5 Å². The molecule has 142 valence electrons. The molecule has 8 nitrogen and oxygen atoms in total. The van der Waals surface area contributed by atoms with Gasteiger partial charge in [0.2, 0.25) is 0 Å². The Hall–Kier alpha value is -3.46. The number of aromatic nitrogens is 3. The molecular formula is C19H17N5O3S. The Morgan fingerprint density at radius 3 is 2.54 bits per heavy atom. The van der Waals surface area contributed by atoms with Gasteiger partial charge in [-0.15, -0.1) is 0 Å². The van der Waals surface area contributed by atoms with Crippen LogP contribution >= 0.6 is 0 Å². The first kappa shape index (κ1) is 17.9. The van der Waals surface area contributed by atoms with E-state index in [2.05, 4.69) is 25.2 Å². The molecule has 0 spiro atoms. The maximum absolute atomic E-state index is 12.6. The summed E-state index contributed by atoms with van der Waals surface area (Å²) in [5.74, 6) is 0.424. The molecule has 2 N–H and O–H groups in total. The first-order valence-corrected chi connectivity index (χ1v) is 9.95. The zero-order valence-corrected chi connectivity index (χ0v) is 16.0. The topological polar surface area (TPSA) is 110 Å². The number of fused-ring (bicyclic) bond motifs is 1. The first-order valence-electron chi connectivity index (χ1n) is 8.46. The third kappa shape index (κ3) is 3.39. The highest BCUT2D eigenvalue weighted by Gasteiger charge is 2.24. The summed E-state index contributed by atoms with van der Waals surface area (Å²) < 4.78 is 32.5. The van der Waals surface area contributed by atoms with E-state index in [0.717, 1.165) is 16.6 Å². The van der Waals surface area contributed by atoms with E-state index in [1.807, 2.05) is 30.3 Å². The minimum atomic E-state index is -3.83. The largest absolute Gasteiger partial charge is 0.360 e. The molecule has 0 aliphatic heterocycles. The van der Waals surface area contributed by atoms with Gasteiger partial charge in [0, 0.05) is 11.6 Å². The quantitative estimate of drug-likeness (QED) is 0.529. The minimum absolute atomic E-state index is 0.0262. The predicted octanol–water partition coefficient (Wildman–Crippen LogP) is 3.78. The summed E-state index contributed by atoms with van der Waals surface area (Å²) in [6, 6.07) is 13.0. The minimum Gasteiger partial charge on any atom is -0.360 e. The van der Waals surface area contributed by atoms with Crippen molar-refractivity contribution in [2.45, 2.75) is 18.7 Å². The highest BCUT2D eigenvalue weighted by Crippen LogP contribution is 2.25. The molecule has 0 bridgehead atoms. The lowest BCUT2D eigenvalue weighted by Crippen LogP contribution is -2.15. The van der Waals surface area contributed by atoms with Crippen molar-refractivity contribution in [3.63, 3.8) is 0 Å². The zero-order chi connectivity index (χ0) is 19.7. The maximum atomic E-state index is 12.6. The molecular weight excluding hydrogens is 378 g/mol. The average Bonchev–Trinajstić information content (AvgIpc) is 3.02. The van der Waals surface area contributed by atoms with E-state index >= 15 is 0 Å². The van der Waals surface area contributed by atoms with Crippen LogP contribution in [0.25, 0.3) is 10.9 Å².